The molecule has 12 nitrogen and oxygen atoms in total. The maximum absolute atomic E-state index is 13.6. The topological polar surface area (TPSA) is 192 Å². The van der Waals surface area contributed by atoms with Crippen molar-refractivity contribution in [2.24, 2.45) is 0 Å². The monoisotopic (exact) mass is 712 g/mol. The molecule has 7 N–H and O–H groups in total. The summed E-state index contributed by atoms with van der Waals surface area (Å²) < 4.78 is 5.94. The second-order valence-corrected chi connectivity index (χ2v) is 13.0. The Morgan fingerprint density at radius 2 is 1.32 bits per heavy atom. The number of thiazole rings is 3. The standard InChI is InChI=1S/C31H32N8O4S3.ClH/c32-29-36-22(16-44-29)12-26(40)35-21-8-6-19(7-9-21)10-11-39(27(41)13-23-17-45-30(33)37-23)15-25(20-4-2-1-3-5-20)43-28(42)14-24-18-46-31(34)38-24;/h1-9,16-18,25H,10-15H2,(H2,32,36)(H2,33,37)(H2,34,38)(H,35,40);1H/t25-;/m0./s1. The lowest BCUT2D eigenvalue weighted by atomic mass is 10.1. The van der Waals surface area contributed by atoms with E-state index in [-0.39, 0.29) is 50.0 Å². The fraction of sp³-hybridized carbons (Fsp3) is 0.226. The van der Waals surface area contributed by atoms with Crippen LogP contribution in [-0.2, 0) is 44.8 Å². The first-order chi connectivity index (χ1) is 22.2. The van der Waals surface area contributed by atoms with Gasteiger partial charge in [-0.05, 0) is 29.7 Å². The summed E-state index contributed by atoms with van der Waals surface area (Å²) in [5.74, 6) is -0.854. The van der Waals surface area contributed by atoms with Gasteiger partial charge in [-0.15, -0.1) is 46.4 Å². The molecule has 0 saturated carbocycles. The van der Waals surface area contributed by atoms with E-state index in [0.29, 0.717) is 51.1 Å². The minimum atomic E-state index is -0.722. The Morgan fingerprint density at radius 1 is 0.766 bits per heavy atom. The Kier molecular flexibility index (Phi) is 12.6. The van der Waals surface area contributed by atoms with Crippen LogP contribution in [0.2, 0.25) is 0 Å². The number of carbonyl (C=O) groups excluding carboxylic acids is 3. The Morgan fingerprint density at radius 3 is 1.87 bits per heavy atom. The summed E-state index contributed by atoms with van der Waals surface area (Å²) in [6.45, 7) is 0.474. The van der Waals surface area contributed by atoms with Gasteiger partial charge in [0.05, 0.1) is 42.9 Å². The number of rotatable bonds is 14. The van der Waals surface area contributed by atoms with Gasteiger partial charge in [0.15, 0.2) is 15.4 Å². The van der Waals surface area contributed by atoms with Crippen LogP contribution in [0.3, 0.4) is 0 Å². The summed E-state index contributed by atoms with van der Waals surface area (Å²) >= 11 is 3.81. The van der Waals surface area contributed by atoms with Gasteiger partial charge in [-0.2, -0.15) is 0 Å². The van der Waals surface area contributed by atoms with Crippen molar-refractivity contribution in [1.82, 2.24) is 19.9 Å². The Labute approximate surface area is 289 Å². The van der Waals surface area contributed by atoms with Crippen LogP contribution in [0.15, 0.2) is 70.7 Å². The van der Waals surface area contributed by atoms with Crippen LogP contribution < -0.4 is 22.5 Å². The zero-order valence-corrected chi connectivity index (χ0v) is 28.3. The number of hydrogen-bond donors (Lipinski definition) is 4. The fourth-order valence-electron chi connectivity index (χ4n) is 4.61. The molecule has 16 heteroatoms. The molecule has 2 amide bonds. The van der Waals surface area contributed by atoms with E-state index in [2.05, 4.69) is 20.3 Å². The summed E-state index contributed by atoms with van der Waals surface area (Å²) in [7, 11) is 0. The molecule has 5 aromatic rings. The lowest BCUT2D eigenvalue weighted by molar-refractivity contribution is -0.152. The van der Waals surface area contributed by atoms with Crippen LogP contribution in [-0.4, -0.2) is 50.7 Å². The number of nitrogens with one attached hydrogen (secondary N) is 1. The summed E-state index contributed by atoms with van der Waals surface area (Å²) in [6.07, 6.45) is -0.0621. The van der Waals surface area contributed by atoms with Crippen LogP contribution in [0.4, 0.5) is 21.1 Å². The van der Waals surface area contributed by atoms with Crippen molar-refractivity contribution in [3.8, 4) is 0 Å². The predicted octanol–water partition coefficient (Wildman–Crippen LogP) is 4.55. The van der Waals surface area contributed by atoms with E-state index in [0.717, 1.165) is 11.1 Å². The molecule has 0 bridgehead atoms. The third kappa shape index (κ3) is 10.7. The molecule has 5 rings (SSSR count). The highest BCUT2D eigenvalue weighted by Crippen LogP contribution is 2.23. The third-order valence-corrected chi connectivity index (χ3v) is 8.97. The summed E-state index contributed by atoms with van der Waals surface area (Å²) in [4.78, 5) is 53.3. The third-order valence-electron chi connectivity index (χ3n) is 6.80. The number of amides is 2. The van der Waals surface area contributed by atoms with Gasteiger partial charge in [0.25, 0.3) is 0 Å². The molecule has 0 radical (unpaired) electrons. The first-order valence-electron chi connectivity index (χ1n) is 14.2. The molecule has 0 aliphatic carbocycles. The smallest absolute Gasteiger partial charge is 0.312 e. The number of benzene rings is 2. The number of hydrogen-bond acceptors (Lipinski definition) is 13. The second kappa shape index (κ2) is 16.8. The second-order valence-electron chi connectivity index (χ2n) is 10.3. The number of anilines is 4. The molecular formula is C31H33ClN8O4S3. The van der Waals surface area contributed by atoms with Gasteiger partial charge in [0.1, 0.15) is 6.10 Å². The van der Waals surface area contributed by atoms with Crippen molar-refractivity contribution < 1.29 is 19.1 Å². The lowest BCUT2D eigenvalue weighted by Gasteiger charge is -2.28. The van der Waals surface area contributed by atoms with Crippen LogP contribution in [0, 0.1) is 0 Å². The van der Waals surface area contributed by atoms with Gasteiger partial charge >= 0.3 is 5.97 Å². The van der Waals surface area contributed by atoms with Crippen molar-refractivity contribution in [2.45, 2.75) is 31.8 Å². The van der Waals surface area contributed by atoms with E-state index in [4.69, 9.17) is 21.9 Å². The van der Waals surface area contributed by atoms with Crippen LogP contribution in [0.5, 0.6) is 0 Å². The highest BCUT2D eigenvalue weighted by Gasteiger charge is 2.25. The molecule has 0 aliphatic heterocycles. The molecule has 47 heavy (non-hydrogen) atoms. The number of nitrogens with zero attached hydrogens (tertiary/aromatic N) is 4. The van der Waals surface area contributed by atoms with Gasteiger partial charge in [-0.25, -0.2) is 15.0 Å². The highest BCUT2D eigenvalue weighted by molar-refractivity contribution is 7.14. The number of halogens is 1. The molecule has 1 atom stereocenters. The number of nitrogens with two attached hydrogens (primary N) is 3. The normalized spacial score (nSPS) is 11.3. The van der Waals surface area contributed by atoms with Crippen LogP contribution in [0.1, 0.15) is 34.3 Å². The maximum Gasteiger partial charge on any atom is 0.312 e. The molecule has 0 aliphatic rings. The molecule has 3 heterocycles. The van der Waals surface area contributed by atoms with Gasteiger partial charge in [0.2, 0.25) is 11.8 Å². The number of nitrogen functional groups attached to an aromatic ring is 3. The number of carbonyl (C=O) groups is 3. The maximum atomic E-state index is 13.6. The van der Waals surface area contributed by atoms with Crippen molar-refractivity contribution in [2.75, 3.05) is 35.6 Å². The summed E-state index contributed by atoms with van der Waals surface area (Å²) in [6, 6.07) is 16.7. The molecular weight excluding hydrogens is 680 g/mol. The van der Waals surface area contributed by atoms with Crippen LogP contribution in [0.25, 0.3) is 0 Å². The summed E-state index contributed by atoms with van der Waals surface area (Å²) in [5, 5.41) is 9.28. The van der Waals surface area contributed by atoms with Gasteiger partial charge < -0.3 is 32.2 Å². The average molecular weight is 713 g/mol. The Hall–Kier alpha value is -4.57. The van der Waals surface area contributed by atoms with E-state index in [9.17, 15) is 14.4 Å². The van der Waals surface area contributed by atoms with Crippen molar-refractivity contribution in [3.05, 3.63) is 98.9 Å². The number of esters is 1. The van der Waals surface area contributed by atoms with Gasteiger partial charge in [0, 0.05) is 28.4 Å². The first kappa shape index (κ1) is 35.3. The SMILES string of the molecule is Cl.Nc1nc(CC(=O)Nc2ccc(CCN(C[C@H](OC(=O)Cc3csc(N)n3)c3ccccc3)C(=O)Cc3csc(N)n3)cc2)cs1. The average Bonchev–Trinajstić information content (AvgIpc) is 3.76. The lowest BCUT2D eigenvalue weighted by Crippen LogP contribution is -2.38. The predicted molar refractivity (Wildman–Crippen MR) is 189 cm³/mol. The zero-order valence-electron chi connectivity index (χ0n) is 25.0. The minimum absolute atomic E-state index is 0. The van der Waals surface area contributed by atoms with E-state index < -0.39 is 12.1 Å². The van der Waals surface area contributed by atoms with E-state index in [1.165, 1.54) is 34.0 Å². The van der Waals surface area contributed by atoms with Crippen LogP contribution >= 0.6 is 46.4 Å². The molecule has 0 fully saturated rings. The van der Waals surface area contributed by atoms with Gasteiger partial charge in [-0.3, -0.25) is 14.4 Å². The molecule has 246 valence electrons. The molecule has 0 spiro atoms. The largest absolute Gasteiger partial charge is 0.455 e. The Bertz CT molecular complexity index is 1780. The van der Waals surface area contributed by atoms with Crippen molar-refractivity contribution in [3.63, 3.8) is 0 Å². The van der Waals surface area contributed by atoms with Crippen molar-refractivity contribution >= 4 is 85.3 Å². The minimum Gasteiger partial charge on any atom is -0.455 e. The van der Waals surface area contributed by atoms with Gasteiger partial charge in [-0.1, -0.05) is 42.5 Å². The zero-order chi connectivity index (χ0) is 32.5. The highest BCUT2D eigenvalue weighted by atomic mass is 35.5. The Balaban J connectivity index is 0.00000500. The number of ether oxygens (including phenoxy) is 1. The first-order valence-corrected chi connectivity index (χ1v) is 16.8. The van der Waals surface area contributed by atoms with E-state index in [1.807, 2.05) is 54.6 Å². The molecule has 2 aromatic carbocycles. The molecule has 0 unspecified atom stereocenters. The van der Waals surface area contributed by atoms with E-state index in [1.54, 1.807) is 21.0 Å². The molecule has 3 aromatic heterocycles. The van der Waals surface area contributed by atoms with Crippen molar-refractivity contribution in [1.29, 1.82) is 0 Å². The van der Waals surface area contributed by atoms with E-state index >= 15 is 0 Å². The molecule has 0 saturated heterocycles. The quantitative estimate of drug-likeness (QED) is 0.119. The summed E-state index contributed by atoms with van der Waals surface area (Å²) in [5.41, 5.74) is 21.3. The fourth-order valence-corrected chi connectivity index (χ4v) is 6.30. The number of aromatic nitrogens is 3.